The Labute approximate surface area is 131 Å². The maximum absolute atomic E-state index is 12.3. The molecule has 0 saturated carbocycles. The fourth-order valence-electron chi connectivity index (χ4n) is 1.76. The topological polar surface area (TPSA) is 94.4 Å². The molecule has 0 fully saturated rings. The van der Waals surface area contributed by atoms with Gasteiger partial charge in [0, 0.05) is 19.7 Å². The summed E-state index contributed by atoms with van der Waals surface area (Å²) in [4.78, 5) is 17.5. The zero-order chi connectivity index (χ0) is 16.6. The molecule has 0 spiro atoms. The van der Waals surface area contributed by atoms with Crippen LogP contribution in [0.25, 0.3) is 0 Å². The minimum Gasteiger partial charge on any atom is -0.380 e. The van der Waals surface area contributed by atoms with Gasteiger partial charge in [-0.1, -0.05) is 13.3 Å². The van der Waals surface area contributed by atoms with Crippen LogP contribution in [0, 0.1) is 0 Å². The van der Waals surface area contributed by atoms with Crippen LogP contribution in [-0.4, -0.2) is 66.2 Å². The summed E-state index contributed by atoms with van der Waals surface area (Å²) >= 11 is 0. The Morgan fingerprint density at radius 2 is 2.09 bits per heavy atom. The van der Waals surface area contributed by atoms with Crippen molar-refractivity contribution >= 4 is 15.9 Å². The molecule has 0 aromatic carbocycles. The van der Waals surface area contributed by atoms with Crippen LogP contribution in [0.1, 0.15) is 33.6 Å². The second kappa shape index (κ2) is 8.84. The van der Waals surface area contributed by atoms with E-state index in [2.05, 4.69) is 10.1 Å². The number of unbranched alkanes of at least 4 members (excludes halogenated alkanes) is 1. The molecule has 1 aromatic heterocycles. The van der Waals surface area contributed by atoms with Crippen molar-refractivity contribution in [1.82, 2.24) is 19.7 Å². The quantitative estimate of drug-likeness (QED) is 0.630. The largest absolute Gasteiger partial charge is 0.380 e. The van der Waals surface area contributed by atoms with Crippen LogP contribution < -0.4 is 0 Å². The summed E-state index contributed by atoms with van der Waals surface area (Å²) in [5, 5.41) is 3.52. The molecule has 0 atom stereocenters. The Balaban J connectivity index is 2.79. The van der Waals surface area contributed by atoms with Gasteiger partial charge in [0.25, 0.3) is 5.16 Å². The van der Waals surface area contributed by atoms with Gasteiger partial charge in [0.2, 0.25) is 9.84 Å². The summed E-state index contributed by atoms with van der Waals surface area (Å²) in [5.41, 5.74) is 0. The van der Waals surface area contributed by atoms with Crippen molar-refractivity contribution in [2.45, 2.75) is 38.8 Å². The fraction of sp³-hybridized carbons (Fsp3) is 0.769. The van der Waals surface area contributed by atoms with Crippen molar-refractivity contribution in [1.29, 1.82) is 0 Å². The third-order valence-electron chi connectivity index (χ3n) is 3.07. The van der Waals surface area contributed by atoms with E-state index in [1.165, 1.54) is 4.90 Å². The minimum absolute atomic E-state index is 0.0104. The number of aromatic nitrogens is 3. The molecular weight excluding hydrogens is 308 g/mol. The van der Waals surface area contributed by atoms with Gasteiger partial charge >= 0.3 is 6.03 Å². The number of carbonyl (C=O) groups is 1. The van der Waals surface area contributed by atoms with Crippen LogP contribution in [0.2, 0.25) is 0 Å². The SMILES string of the molecule is CCCCS(=O)(=O)c1ncn(C(=O)N(CC)CCOCC)n1. The van der Waals surface area contributed by atoms with Gasteiger partial charge in [0.05, 0.1) is 12.4 Å². The van der Waals surface area contributed by atoms with E-state index in [4.69, 9.17) is 4.74 Å². The average Bonchev–Trinajstić information content (AvgIpc) is 3.00. The van der Waals surface area contributed by atoms with E-state index >= 15 is 0 Å². The summed E-state index contributed by atoms with van der Waals surface area (Å²) in [6.07, 6.45) is 2.45. The predicted octanol–water partition coefficient (Wildman–Crippen LogP) is 1.18. The Bertz CT molecular complexity index is 570. The molecule has 0 N–H and O–H groups in total. The highest BCUT2D eigenvalue weighted by Crippen LogP contribution is 2.07. The van der Waals surface area contributed by atoms with Crippen molar-refractivity contribution in [2.75, 3.05) is 32.1 Å². The van der Waals surface area contributed by atoms with E-state index < -0.39 is 15.9 Å². The summed E-state index contributed by atoms with van der Waals surface area (Å²) in [6, 6.07) is -0.411. The molecule has 0 aliphatic carbocycles. The first kappa shape index (κ1) is 18.6. The summed E-state index contributed by atoms with van der Waals surface area (Å²) < 4.78 is 30.2. The first-order valence-corrected chi connectivity index (χ1v) is 9.12. The molecule has 0 bridgehead atoms. The molecule has 9 heteroatoms. The van der Waals surface area contributed by atoms with Gasteiger partial charge in [0.1, 0.15) is 6.33 Å². The third-order valence-corrected chi connectivity index (χ3v) is 4.64. The predicted molar refractivity (Wildman–Crippen MR) is 81.5 cm³/mol. The van der Waals surface area contributed by atoms with Crippen molar-refractivity contribution in [3.8, 4) is 0 Å². The van der Waals surface area contributed by atoms with Crippen molar-refractivity contribution in [3.63, 3.8) is 0 Å². The molecule has 0 radical (unpaired) electrons. The molecule has 0 saturated heterocycles. The van der Waals surface area contributed by atoms with E-state index in [9.17, 15) is 13.2 Å². The molecular formula is C13H24N4O4S. The van der Waals surface area contributed by atoms with Crippen LogP contribution >= 0.6 is 0 Å². The number of hydrogen-bond acceptors (Lipinski definition) is 6. The molecule has 1 heterocycles. The molecule has 1 rings (SSSR count). The van der Waals surface area contributed by atoms with Crippen molar-refractivity contribution in [3.05, 3.63) is 6.33 Å². The average molecular weight is 332 g/mol. The molecule has 1 aromatic rings. The van der Waals surface area contributed by atoms with E-state index in [1.807, 2.05) is 20.8 Å². The first-order valence-electron chi connectivity index (χ1n) is 7.47. The van der Waals surface area contributed by atoms with E-state index in [0.717, 1.165) is 17.4 Å². The highest BCUT2D eigenvalue weighted by atomic mass is 32.2. The number of nitrogens with zero attached hydrogens (tertiary/aromatic N) is 4. The molecule has 0 aliphatic heterocycles. The third kappa shape index (κ3) is 5.06. The lowest BCUT2D eigenvalue weighted by Crippen LogP contribution is -2.37. The van der Waals surface area contributed by atoms with Gasteiger partial charge in [-0.3, -0.25) is 0 Å². The highest BCUT2D eigenvalue weighted by Gasteiger charge is 2.22. The Morgan fingerprint density at radius 1 is 1.36 bits per heavy atom. The standard InChI is InChI=1S/C13H24N4O4S/c1-4-7-10-22(19,20)12-14-11-17(15-12)13(18)16(5-2)8-9-21-6-3/h11H,4-10H2,1-3H3. The molecule has 8 nitrogen and oxygen atoms in total. The van der Waals surface area contributed by atoms with Crippen LogP contribution in [0.15, 0.2) is 11.5 Å². The van der Waals surface area contributed by atoms with Crippen LogP contribution in [0.3, 0.4) is 0 Å². The monoisotopic (exact) mass is 332 g/mol. The van der Waals surface area contributed by atoms with Crippen LogP contribution in [0.5, 0.6) is 0 Å². The van der Waals surface area contributed by atoms with E-state index in [1.54, 1.807) is 0 Å². The number of hydrogen-bond donors (Lipinski definition) is 0. The van der Waals surface area contributed by atoms with E-state index in [-0.39, 0.29) is 10.9 Å². The molecule has 1 amide bonds. The lowest BCUT2D eigenvalue weighted by atomic mass is 10.4. The van der Waals surface area contributed by atoms with Gasteiger partial charge < -0.3 is 9.64 Å². The van der Waals surface area contributed by atoms with Crippen molar-refractivity contribution < 1.29 is 17.9 Å². The minimum atomic E-state index is -3.53. The normalized spacial score (nSPS) is 11.6. The van der Waals surface area contributed by atoms with Gasteiger partial charge in [-0.05, 0) is 20.3 Å². The molecule has 0 aliphatic rings. The maximum atomic E-state index is 12.3. The van der Waals surface area contributed by atoms with Crippen molar-refractivity contribution in [2.24, 2.45) is 0 Å². The Morgan fingerprint density at radius 3 is 2.68 bits per heavy atom. The number of amides is 1. The molecule has 22 heavy (non-hydrogen) atoms. The van der Waals surface area contributed by atoms with Crippen LogP contribution in [-0.2, 0) is 14.6 Å². The van der Waals surface area contributed by atoms with Gasteiger partial charge in [-0.15, -0.1) is 5.10 Å². The van der Waals surface area contributed by atoms with E-state index in [0.29, 0.717) is 32.7 Å². The summed E-state index contributed by atoms with van der Waals surface area (Å²) in [7, 11) is -3.53. The lowest BCUT2D eigenvalue weighted by molar-refractivity contribution is 0.120. The second-order valence-corrected chi connectivity index (χ2v) is 6.71. The fourth-order valence-corrected chi connectivity index (χ4v) is 3.03. The molecule has 126 valence electrons. The zero-order valence-electron chi connectivity index (χ0n) is 13.4. The number of sulfone groups is 1. The maximum Gasteiger partial charge on any atom is 0.346 e. The molecule has 0 unspecified atom stereocenters. The Kier molecular flexibility index (Phi) is 7.46. The van der Waals surface area contributed by atoms with Gasteiger partial charge in [-0.25, -0.2) is 18.2 Å². The smallest absolute Gasteiger partial charge is 0.346 e. The number of carbonyl (C=O) groups excluding carboxylic acids is 1. The highest BCUT2D eigenvalue weighted by molar-refractivity contribution is 7.91. The number of likely N-dealkylation sites (N-methyl/N-ethyl adjacent to an activating group) is 1. The zero-order valence-corrected chi connectivity index (χ0v) is 14.2. The second-order valence-electron chi connectivity index (χ2n) is 4.70. The first-order chi connectivity index (χ1) is 10.5. The summed E-state index contributed by atoms with van der Waals surface area (Å²) in [6.45, 7) is 7.51. The lowest BCUT2D eigenvalue weighted by Gasteiger charge is -2.19. The summed E-state index contributed by atoms with van der Waals surface area (Å²) in [5.74, 6) is -0.0104. The van der Waals surface area contributed by atoms with Gasteiger partial charge in [-0.2, -0.15) is 4.68 Å². The number of rotatable bonds is 9. The van der Waals surface area contributed by atoms with Gasteiger partial charge in [0.15, 0.2) is 0 Å². The number of ether oxygens (including phenoxy) is 1. The Hall–Kier alpha value is -1.48. The van der Waals surface area contributed by atoms with Crippen LogP contribution in [0.4, 0.5) is 4.79 Å².